The van der Waals surface area contributed by atoms with Crippen LogP contribution in [0.25, 0.3) is 11.1 Å². The highest BCUT2D eigenvalue weighted by molar-refractivity contribution is 6.04. The van der Waals surface area contributed by atoms with Crippen LogP contribution in [-0.4, -0.2) is 20.9 Å². The van der Waals surface area contributed by atoms with Gasteiger partial charge >= 0.3 is 0 Å². The monoisotopic (exact) mass is 310 g/mol. The summed E-state index contributed by atoms with van der Waals surface area (Å²) in [5.41, 5.74) is 1.24. The number of carbonyl (C=O) groups is 1. The molecule has 0 unspecified atom stereocenters. The predicted octanol–water partition coefficient (Wildman–Crippen LogP) is 2.22. The van der Waals surface area contributed by atoms with Crippen molar-refractivity contribution >= 4 is 11.6 Å². The lowest BCUT2D eigenvalue weighted by molar-refractivity contribution is 0.102. The standard InChI is InChI=1S/C16H11FN4O2/c17-14-8-11(3-6-19-14)15(22)21-13-7-12(9-20-16(13)23)10-1-4-18-5-2-10/h1-9H,(H,20,23)(H,21,22). The molecule has 6 nitrogen and oxygen atoms in total. The van der Waals surface area contributed by atoms with Crippen molar-refractivity contribution < 1.29 is 9.18 Å². The Morgan fingerprint density at radius 1 is 1.09 bits per heavy atom. The number of H-pyrrole nitrogens is 1. The van der Waals surface area contributed by atoms with Gasteiger partial charge in [0, 0.05) is 42.0 Å². The lowest BCUT2D eigenvalue weighted by Crippen LogP contribution is -2.20. The molecular formula is C16H11FN4O2. The molecular weight excluding hydrogens is 299 g/mol. The smallest absolute Gasteiger partial charge is 0.271 e. The van der Waals surface area contributed by atoms with Gasteiger partial charge in [0.2, 0.25) is 5.95 Å². The van der Waals surface area contributed by atoms with E-state index in [4.69, 9.17) is 0 Å². The molecule has 114 valence electrons. The normalized spacial score (nSPS) is 10.3. The van der Waals surface area contributed by atoms with Gasteiger partial charge in [-0.1, -0.05) is 0 Å². The fourth-order valence-electron chi connectivity index (χ4n) is 2.03. The van der Waals surface area contributed by atoms with Crippen LogP contribution in [-0.2, 0) is 0 Å². The van der Waals surface area contributed by atoms with Crippen molar-refractivity contribution in [3.8, 4) is 11.1 Å². The van der Waals surface area contributed by atoms with E-state index in [0.717, 1.165) is 11.6 Å². The molecule has 0 spiro atoms. The molecule has 3 rings (SSSR count). The molecule has 23 heavy (non-hydrogen) atoms. The maximum atomic E-state index is 13.1. The molecule has 0 aliphatic carbocycles. The van der Waals surface area contributed by atoms with Gasteiger partial charge in [-0.25, -0.2) is 4.98 Å². The Bertz CT molecular complexity index is 909. The summed E-state index contributed by atoms with van der Waals surface area (Å²) in [6.45, 7) is 0. The highest BCUT2D eigenvalue weighted by Crippen LogP contribution is 2.18. The first kappa shape index (κ1) is 14.6. The van der Waals surface area contributed by atoms with Crippen LogP contribution in [0.15, 0.2) is 59.9 Å². The zero-order chi connectivity index (χ0) is 16.2. The summed E-state index contributed by atoms with van der Waals surface area (Å²) in [6.07, 6.45) is 5.97. The largest absolute Gasteiger partial charge is 0.327 e. The van der Waals surface area contributed by atoms with E-state index in [1.807, 2.05) is 0 Å². The molecule has 0 aliphatic heterocycles. The fourth-order valence-corrected chi connectivity index (χ4v) is 2.03. The average Bonchev–Trinajstić information content (AvgIpc) is 2.57. The van der Waals surface area contributed by atoms with Crippen molar-refractivity contribution in [3.63, 3.8) is 0 Å². The van der Waals surface area contributed by atoms with E-state index < -0.39 is 17.4 Å². The van der Waals surface area contributed by atoms with Crippen LogP contribution >= 0.6 is 0 Å². The number of nitrogens with zero attached hydrogens (tertiary/aromatic N) is 2. The second-order valence-corrected chi connectivity index (χ2v) is 4.69. The second-order valence-electron chi connectivity index (χ2n) is 4.69. The quantitative estimate of drug-likeness (QED) is 0.726. The third-order valence-electron chi connectivity index (χ3n) is 3.15. The molecule has 7 heteroatoms. The zero-order valence-corrected chi connectivity index (χ0v) is 11.8. The van der Waals surface area contributed by atoms with Crippen LogP contribution in [0.5, 0.6) is 0 Å². The van der Waals surface area contributed by atoms with Crippen molar-refractivity contribution in [2.45, 2.75) is 0 Å². The summed E-state index contributed by atoms with van der Waals surface area (Å²) in [5, 5.41) is 2.47. The van der Waals surface area contributed by atoms with Crippen molar-refractivity contribution in [1.29, 1.82) is 0 Å². The highest BCUT2D eigenvalue weighted by atomic mass is 19.1. The fraction of sp³-hybridized carbons (Fsp3) is 0. The van der Waals surface area contributed by atoms with Crippen LogP contribution < -0.4 is 10.9 Å². The molecule has 0 atom stereocenters. The van der Waals surface area contributed by atoms with E-state index in [-0.39, 0.29) is 11.3 Å². The maximum absolute atomic E-state index is 13.1. The number of pyridine rings is 3. The molecule has 3 aromatic heterocycles. The van der Waals surface area contributed by atoms with Gasteiger partial charge < -0.3 is 10.3 Å². The Kier molecular flexibility index (Phi) is 3.92. The van der Waals surface area contributed by atoms with Crippen molar-refractivity contribution in [1.82, 2.24) is 15.0 Å². The van der Waals surface area contributed by atoms with E-state index >= 15 is 0 Å². The number of hydrogen-bond acceptors (Lipinski definition) is 4. The first-order valence-corrected chi connectivity index (χ1v) is 6.69. The Labute approximate surface area is 130 Å². The third kappa shape index (κ3) is 3.29. The summed E-state index contributed by atoms with van der Waals surface area (Å²) < 4.78 is 13.1. The molecule has 0 saturated heterocycles. The molecule has 0 radical (unpaired) electrons. The van der Waals surface area contributed by atoms with E-state index in [0.29, 0.717) is 5.56 Å². The van der Waals surface area contributed by atoms with Gasteiger partial charge in [-0.15, -0.1) is 0 Å². The van der Waals surface area contributed by atoms with Crippen molar-refractivity contribution in [2.75, 3.05) is 5.32 Å². The third-order valence-corrected chi connectivity index (χ3v) is 3.15. The minimum Gasteiger partial charge on any atom is -0.327 e. The maximum Gasteiger partial charge on any atom is 0.271 e. The molecule has 0 fully saturated rings. The number of rotatable bonds is 3. The minimum atomic E-state index is -0.767. The predicted molar refractivity (Wildman–Crippen MR) is 82.4 cm³/mol. The number of aromatic amines is 1. The second kappa shape index (κ2) is 6.18. The zero-order valence-electron chi connectivity index (χ0n) is 11.8. The number of nitrogens with one attached hydrogen (secondary N) is 2. The van der Waals surface area contributed by atoms with Gasteiger partial charge in [0.05, 0.1) is 0 Å². The van der Waals surface area contributed by atoms with E-state index in [2.05, 4.69) is 20.3 Å². The number of amides is 1. The summed E-state index contributed by atoms with van der Waals surface area (Å²) in [4.78, 5) is 33.8. The molecule has 2 N–H and O–H groups in total. The Morgan fingerprint density at radius 3 is 2.61 bits per heavy atom. The van der Waals surface area contributed by atoms with Crippen LogP contribution in [0.4, 0.5) is 10.1 Å². The summed E-state index contributed by atoms with van der Waals surface area (Å²) >= 11 is 0. The van der Waals surface area contributed by atoms with E-state index in [1.165, 1.54) is 12.3 Å². The summed E-state index contributed by atoms with van der Waals surface area (Å²) in [6, 6.07) is 7.45. The molecule has 1 amide bonds. The number of anilines is 1. The van der Waals surface area contributed by atoms with Gasteiger partial charge in [0.25, 0.3) is 11.5 Å². The number of carbonyl (C=O) groups excluding carboxylic acids is 1. The highest BCUT2D eigenvalue weighted by Gasteiger charge is 2.11. The van der Waals surface area contributed by atoms with Crippen molar-refractivity contribution in [3.05, 3.63) is 77.0 Å². The first-order valence-electron chi connectivity index (χ1n) is 6.69. The lowest BCUT2D eigenvalue weighted by atomic mass is 10.1. The molecule has 3 aromatic rings. The van der Waals surface area contributed by atoms with Crippen LogP contribution in [0.1, 0.15) is 10.4 Å². The van der Waals surface area contributed by atoms with Crippen LogP contribution in [0.3, 0.4) is 0 Å². The van der Waals surface area contributed by atoms with E-state index in [9.17, 15) is 14.0 Å². The van der Waals surface area contributed by atoms with Gasteiger partial charge in [0.15, 0.2) is 0 Å². The Balaban J connectivity index is 1.91. The topological polar surface area (TPSA) is 87.7 Å². The lowest BCUT2D eigenvalue weighted by Gasteiger charge is -2.07. The first-order chi connectivity index (χ1) is 11.1. The van der Waals surface area contributed by atoms with Gasteiger partial charge in [0.1, 0.15) is 5.69 Å². The Morgan fingerprint density at radius 2 is 1.87 bits per heavy atom. The number of hydrogen-bond donors (Lipinski definition) is 2. The van der Waals surface area contributed by atoms with Gasteiger partial charge in [-0.05, 0) is 29.8 Å². The van der Waals surface area contributed by atoms with Crippen molar-refractivity contribution in [2.24, 2.45) is 0 Å². The van der Waals surface area contributed by atoms with E-state index in [1.54, 1.807) is 36.8 Å². The molecule has 0 aliphatic rings. The number of aromatic nitrogens is 3. The summed E-state index contributed by atoms with van der Waals surface area (Å²) in [5.74, 6) is -1.36. The van der Waals surface area contributed by atoms with Gasteiger partial charge in [-0.2, -0.15) is 4.39 Å². The Hall–Kier alpha value is -3.35. The van der Waals surface area contributed by atoms with Crippen LogP contribution in [0.2, 0.25) is 0 Å². The van der Waals surface area contributed by atoms with Gasteiger partial charge in [-0.3, -0.25) is 14.6 Å². The number of halogens is 1. The van der Waals surface area contributed by atoms with Crippen LogP contribution in [0, 0.1) is 5.95 Å². The summed E-state index contributed by atoms with van der Waals surface area (Å²) in [7, 11) is 0. The minimum absolute atomic E-state index is 0.0709. The SMILES string of the molecule is O=C(Nc1cc(-c2ccncc2)c[nH]c1=O)c1ccnc(F)c1. The molecule has 0 aromatic carbocycles. The molecule has 0 bridgehead atoms. The molecule has 0 saturated carbocycles. The molecule has 3 heterocycles. The average molecular weight is 310 g/mol.